The van der Waals surface area contributed by atoms with Crippen LogP contribution in [0.1, 0.15) is 30.5 Å². The average molecular weight is 508 g/mol. The molecule has 0 bridgehead atoms. The molecule has 0 saturated heterocycles. The lowest BCUT2D eigenvalue weighted by Crippen LogP contribution is -2.30. The molecular formula is C23H21BrCl2N2O2. The molecule has 0 aliphatic rings. The molecule has 0 spiro atoms. The van der Waals surface area contributed by atoms with Crippen LogP contribution in [0.3, 0.4) is 0 Å². The normalized spacial score (nSPS) is 11.2. The second-order valence-corrected chi connectivity index (χ2v) is 8.50. The molecule has 0 unspecified atom stereocenters. The Labute approximate surface area is 195 Å². The maximum absolute atomic E-state index is 12.2. The van der Waals surface area contributed by atoms with E-state index in [1.54, 1.807) is 30.4 Å². The summed E-state index contributed by atoms with van der Waals surface area (Å²) in [4.78, 5) is 12.2. The van der Waals surface area contributed by atoms with E-state index in [1.165, 1.54) is 0 Å². The first-order chi connectivity index (χ1) is 14.2. The summed E-state index contributed by atoms with van der Waals surface area (Å²) in [5, 5.41) is 13.2. The maximum atomic E-state index is 12.2. The maximum Gasteiger partial charge on any atom is 0.262 e. The van der Waals surface area contributed by atoms with E-state index in [2.05, 4.69) is 27.8 Å². The van der Waals surface area contributed by atoms with E-state index in [-0.39, 0.29) is 18.2 Å². The summed E-state index contributed by atoms with van der Waals surface area (Å²) in [6.45, 7) is 7.73. The molecule has 2 aromatic rings. The van der Waals surface area contributed by atoms with Crippen molar-refractivity contribution in [1.82, 2.24) is 5.32 Å². The monoisotopic (exact) mass is 506 g/mol. The van der Waals surface area contributed by atoms with Crippen LogP contribution in [0.15, 0.2) is 53.0 Å². The van der Waals surface area contributed by atoms with Gasteiger partial charge in [-0.15, -0.1) is 6.58 Å². The highest BCUT2D eigenvalue weighted by molar-refractivity contribution is 9.10. The molecule has 0 aliphatic heterocycles. The molecule has 0 saturated carbocycles. The Hall–Kier alpha value is -2.26. The van der Waals surface area contributed by atoms with Gasteiger partial charge in [-0.3, -0.25) is 4.79 Å². The number of amides is 1. The third kappa shape index (κ3) is 6.63. The summed E-state index contributed by atoms with van der Waals surface area (Å²) in [6.07, 6.45) is 3.85. The van der Waals surface area contributed by atoms with E-state index in [9.17, 15) is 10.1 Å². The lowest BCUT2D eigenvalue weighted by molar-refractivity contribution is -0.117. The molecule has 2 aromatic carbocycles. The Bertz CT molecular complexity index is 1030. The molecule has 0 fully saturated rings. The standard InChI is InChI=1S/C23H21BrCl2N2O2/c1-4-5-16-8-15(9-18(12-27)23(29)28-14(2)3)10-20(24)22(16)30-13-17-6-7-19(25)11-21(17)26/h4,6-11,14H,1,5,13H2,2-3H3,(H,28,29)/b18-9-. The van der Waals surface area contributed by atoms with Crippen molar-refractivity contribution in [3.05, 3.63) is 79.8 Å². The van der Waals surface area contributed by atoms with E-state index in [0.29, 0.717) is 32.3 Å². The summed E-state index contributed by atoms with van der Waals surface area (Å²) in [6, 6.07) is 10.8. The van der Waals surface area contributed by atoms with Crippen LogP contribution in [0.2, 0.25) is 10.0 Å². The minimum Gasteiger partial charge on any atom is -0.487 e. The van der Waals surface area contributed by atoms with Gasteiger partial charge < -0.3 is 10.1 Å². The second-order valence-electron chi connectivity index (χ2n) is 6.81. The molecule has 0 radical (unpaired) electrons. The van der Waals surface area contributed by atoms with E-state index in [0.717, 1.165) is 11.1 Å². The van der Waals surface area contributed by atoms with Crippen molar-refractivity contribution < 1.29 is 9.53 Å². The second kappa shape index (κ2) is 11.2. The molecule has 0 aromatic heterocycles. The van der Waals surface area contributed by atoms with Crippen LogP contribution >= 0.6 is 39.1 Å². The van der Waals surface area contributed by atoms with Crippen molar-refractivity contribution in [1.29, 1.82) is 5.26 Å². The minimum absolute atomic E-state index is 0.0294. The number of carbonyl (C=O) groups is 1. The van der Waals surface area contributed by atoms with Crippen molar-refractivity contribution in [3.8, 4) is 11.8 Å². The highest BCUT2D eigenvalue weighted by Crippen LogP contribution is 2.34. The number of rotatable bonds is 8. The minimum atomic E-state index is -0.411. The van der Waals surface area contributed by atoms with Gasteiger partial charge in [0, 0.05) is 21.7 Å². The van der Waals surface area contributed by atoms with Gasteiger partial charge in [-0.2, -0.15) is 5.26 Å². The lowest BCUT2D eigenvalue weighted by Gasteiger charge is -2.15. The Morgan fingerprint density at radius 2 is 2.03 bits per heavy atom. The Kier molecular flexibility index (Phi) is 8.98. The molecule has 30 heavy (non-hydrogen) atoms. The van der Waals surface area contributed by atoms with Crippen LogP contribution in [0.4, 0.5) is 0 Å². The number of hydrogen-bond donors (Lipinski definition) is 1. The first-order valence-electron chi connectivity index (χ1n) is 9.17. The Morgan fingerprint density at radius 1 is 1.30 bits per heavy atom. The van der Waals surface area contributed by atoms with Crippen molar-refractivity contribution in [2.45, 2.75) is 32.9 Å². The fourth-order valence-corrected chi connectivity index (χ4v) is 3.77. The van der Waals surface area contributed by atoms with Crippen molar-refractivity contribution in [3.63, 3.8) is 0 Å². The highest BCUT2D eigenvalue weighted by Gasteiger charge is 2.14. The first kappa shape index (κ1) is 24.0. The van der Waals surface area contributed by atoms with Gasteiger partial charge in [0.25, 0.3) is 5.91 Å². The number of hydrogen-bond acceptors (Lipinski definition) is 3. The predicted octanol–water partition coefficient (Wildman–Crippen LogP) is 6.49. The van der Waals surface area contributed by atoms with Gasteiger partial charge in [0.05, 0.1) is 4.47 Å². The zero-order chi connectivity index (χ0) is 22.3. The molecule has 0 aliphatic carbocycles. The predicted molar refractivity (Wildman–Crippen MR) is 126 cm³/mol. The van der Waals surface area contributed by atoms with Crippen LogP contribution in [0.25, 0.3) is 6.08 Å². The quantitative estimate of drug-likeness (QED) is 0.252. The fraction of sp³-hybridized carbons (Fsp3) is 0.217. The first-order valence-corrected chi connectivity index (χ1v) is 10.7. The summed E-state index contributed by atoms with van der Waals surface area (Å²) in [5.74, 6) is 0.231. The summed E-state index contributed by atoms with van der Waals surface area (Å²) in [5.41, 5.74) is 2.39. The van der Waals surface area contributed by atoms with Crippen LogP contribution in [0.5, 0.6) is 5.75 Å². The summed E-state index contributed by atoms with van der Waals surface area (Å²) >= 11 is 15.7. The van der Waals surface area contributed by atoms with Gasteiger partial charge >= 0.3 is 0 Å². The number of halogens is 3. The number of carbonyl (C=O) groups excluding carboxylic acids is 1. The van der Waals surface area contributed by atoms with E-state index < -0.39 is 5.91 Å². The van der Waals surface area contributed by atoms with Gasteiger partial charge in [-0.1, -0.05) is 35.3 Å². The third-order valence-corrected chi connectivity index (χ3v) is 5.17. The molecule has 0 heterocycles. The molecule has 7 heteroatoms. The van der Waals surface area contributed by atoms with Gasteiger partial charge in [-0.05, 0) is 77.7 Å². The van der Waals surface area contributed by atoms with Crippen LogP contribution < -0.4 is 10.1 Å². The fourth-order valence-electron chi connectivity index (χ4n) is 2.67. The molecule has 4 nitrogen and oxygen atoms in total. The molecule has 0 atom stereocenters. The molecular weight excluding hydrogens is 487 g/mol. The van der Waals surface area contributed by atoms with Crippen molar-refractivity contribution in [2.24, 2.45) is 0 Å². The van der Waals surface area contributed by atoms with Crippen LogP contribution in [-0.4, -0.2) is 11.9 Å². The molecule has 1 amide bonds. The largest absolute Gasteiger partial charge is 0.487 e. The number of nitriles is 1. The Morgan fingerprint density at radius 3 is 2.63 bits per heavy atom. The zero-order valence-electron chi connectivity index (χ0n) is 16.6. The number of benzene rings is 2. The van der Waals surface area contributed by atoms with Crippen molar-refractivity contribution >= 4 is 51.1 Å². The van der Waals surface area contributed by atoms with Crippen molar-refractivity contribution in [2.75, 3.05) is 0 Å². The zero-order valence-corrected chi connectivity index (χ0v) is 19.7. The smallest absolute Gasteiger partial charge is 0.262 e. The van der Waals surface area contributed by atoms with E-state index in [4.69, 9.17) is 27.9 Å². The topological polar surface area (TPSA) is 62.1 Å². The summed E-state index contributed by atoms with van der Waals surface area (Å²) < 4.78 is 6.72. The third-order valence-electron chi connectivity index (χ3n) is 3.99. The average Bonchev–Trinajstić information content (AvgIpc) is 2.66. The Balaban J connectivity index is 2.35. The van der Waals surface area contributed by atoms with E-state index >= 15 is 0 Å². The van der Waals surface area contributed by atoms with E-state index in [1.807, 2.05) is 32.0 Å². The van der Waals surface area contributed by atoms with Gasteiger partial charge in [0.2, 0.25) is 0 Å². The van der Waals surface area contributed by atoms with Gasteiger partial charge in [-0.25, -0.2) is 0 Å². The lowest BCUT2D eigenvalue weighted by atomic mass is 10.0. The molecule has 156 valence electrons. The summed E-state index contributed by atoms with van der Waals surface area (Å²) in [7, 11) is 0. The molecule has 1 N–H and O–H groups in total. The number of nitrogens with zero attached hydrogens (tertiary/aromatic N) is 1. The number of allylic oxidation sites excluding steroid dienone is 1. The van der Waals surface area contributed by atoms with Gasteiger partial charge in [0.15, 0.2) is 0 Å². The SMILES string of the molecule is C=CCc1cc(/C=C(/C#N)C(=O)NC(C)C)cc(Br)c1OCc1ccc(Cl)cc1Cl. The number of nitrogens with one attached hydrogen (secondary N) is 1. The van der Waals surface area contributed by atoms with Crippen LogP contribution in [-0.2, 0) is 17.8 Å². The van der Waals surface area contributed by atoms with Crippen LogP contribution in [0, 0.1) is 11.3 Å². The van der Waals surface area contributed by atoms with Gasteiger partial charge in [0.1, 0.15) is 24.0 Å². The number of ether oxygens (including phenoxy) is 1. The molecule has 2 rings (SSSR count). The highest BCUT2D eigenvalue weighted by atomic mass is 79.9.